The number of rotatable bonds is 4. The minimum atomic E-state index is -1.07. The number of carboxylic acid groups (broad SMARTS) is 1. The van der Waals surface area contributed by atoms with Crippen LogP contribution in [0.25, 0.3) is 33.7 Å². The average Bonchev–Trinajstić information content (AvgIpc) is 3.28. The zero-order valence-corrected chi connectivity index (χ0v) is 13.4. The van der Waals surface area contributed by atoms with Crippen molar-refractivity contribution in [1.82, 2.24) is 19.9 Å². The highest BCUT2D eigenvalue weighted by molar-refractivity contribution is 6.07. The fourth-order valence-electron chi connectivity index (χ4n) is 2.72. The number of carboxylic acids is 1. The first-order valence-electron chi connectivity index (χ1n) is 7.80. The molecule has 0 aliphatic carbocycles. The van der Waals surface area contributed by atoms with Gasteiger partial charge in [0.15, 0.2) is 0 Å². The highest BCUT2D eigenvalue weighted by atomic mass is 16.5. The minimum Gasteiger partial charge on any atom is -0.478 e. The molecule has 0 fully saturated rings. The Morgan fingerprint density at radius 1 is 1.20 bits per heavy atom. The predicted molar refractivity (Wildman–Crippen MR) is 91.1 cm³/mol. The van der Waals surface area contributed by atoms with Crippen molar-refractivity contribution in [3.63, 3.8) is 0 Å². The molecule has 7 nitrogen and oxygen atoms in total. The van der Waals surface area contributed by atoms with Crippen LogP contribution < -0.4 is 0 Å². The topological polar surface area (TPSA) is 94.0 Å². The van der Waals surface area contributed by atoms with E-state index in [9.17, 15) is 9.90 Å². The van der Waals surface area contributed by atoms with Crippen LogP contribution in [0, 0.1) is 0 Å². The van der Waals surface area contributed by atoms with E-state index in [-0.39, 0.29) is 11.3 Å². The van der Waals surface area contributed by atoms with E-state index in [0.29, 0.717) is 29.0 Å². The van der Waals surface area contributed by atoms with Gasteiger partial charge in [-0.15, -0.1) is 0 Å². The van der Waals surface area contributed by atoms with Gasteiger partial charge < -0.3 is 9.63 Å². The van der Waals surface area contributed by atoms with Gasteiger partial charge in [-0.25, -0.2) is 9.78 Å². The van der Waals surface area contributed by atoms with E-state index in [1.807, 2.05) is 43.5 Å². The number of benzene rings is 1. The SMILES string of the molecule is CCn1ccc(-c2cc(C(=O)O)c3c(-c4ccccc4)noc3n2)n1. The second kappa shape index (κ2) is 5.86. The van der Waals surface area contributed by atoms with E-state index < -0.39 is 5.97 Å². The summed E-state index contributed by atoms with van der Waals surface area (Å²) in [6, 6.07) is 12.6. The van der Waals surface area contributed by atoms with Crippen molar-refractivity contribution in [3.8, 4) is 22.6 Å². The van der Waals surface area contributed by atoms with Gasteiger partial charge in [0.05, 0.1) is 16.6 Å². The molecular formula is C18H14N4O3. The van der Waals surface area contributed by atoms with E-state index in [1.54, 1.807) is 10.7 Å². The Hall–Kier alpha value is -3.48. The van der Waals surface area contributed by atoms with Crippen molar-refractivity contribution in [1.29, 1.82) is 0 Å². The predicted octanol–water partition coefficient (Wildman–Crippen LogP) is 3.47. The molecule has 0 radical (unpaired) electrons. The maximum Gasteiger partial charge on any atom is 0.336 e. The fraction of sp³-hybridized carbons (Fsp3) is 0.111. The quantitative estimate of drug-likeness (QED) is 0.614. The van der Waals surface area contributed by atoms with E-state index >= 15 is 0 Å². The molecule has 7 heteroatoms. The molecule has 0 saturated heterocycles. The molecule has 0 saturated carbocycles. The highest BCUT2D eigenvalue weighted by Crippen LogP contribution is 2.32. The van der Waals surface area contributed by atoms with Crippen LogP contribution in [-0.2, 0) is 6.54 Å². The van der Waals surface area contributed by atoms with E-state index in [0.717, 1.165) is 5.56 Å². The lowest BCUT2D eigenvalue weighted by Crippen LogP contribution is -2.01. The van der Waals surface area contributed by atoms with Crippen molar-refractivity contribution in [2.24, 2.45) is 0 Å². The molecule has 0 aliphatic rings. The van der Waals surface area contributed by atoms with Gasteiger partial charge >= 0.3 is 5.97 Å². The monoisotopic (exact) mass is 334 g/mol. The van der Waals surface area contributed by atoms with Crippen LogP contribution >= 0.6 is 0 Å². The fourth-order valence-corrected chi connectivity index (χ4v) is 2.72. The number of hydrogen-bond donors (Lipinski definition) is 1. The third kappa shape index (κ3) is 2.55. The summed E-state index contributed by atoms with van der Waals surface area (Å²) in [4.78, 5) is 16.2. The number of aromatic carboxylic acids is 1. The van der Waals surface area contributed by atoms with Gasteiger partial charge in [0.2, 0.25) is 0 Å². The molecule has 124 valence electrons. The molecule has 0 spiro atoms. The van der Waals surface area contributed by atoms with Crippen molar-refractivity contribution in [3.05, 3.63) is 54.2 Å². The summed E-state index contributed by atoms with van der Waals surface area (Å²) in [6.45, 7) is 2.69. The first-order chi connectivity index (χ1) is 12.2. The van der Waals surface area contributed by atoms with Crippen LogP contribution in [0.1, 0.15) is 17.3 Å². The molecule has 0 amide bonds. The third-order valence-corrected chi connectivity index (χ3v) is 3.95. The van der Waals surface area contributed by atoms with Gasteiger partial charge in [-0.05, 0) is 19.1 Å². The summed E-state index contributed by atoms with van der Waals surface area (Å²) in [5.41, 5.74) is 2.53. The lowest BCUT2D eigenvalue weighted by Gasteiger charge is -2.02. The molecule has 1 N–H and O–H groups in total. The molecular weight excluding hydrogens is 320 g/mol. The zero-order chi connectivity index (χ0) is 17.4. The summed E-state index contributed by atoms with van der Waals surface area (Å²) in [6.07, 6.45) is 1.82. The van der Waals surface area contributed by atoms with E-state index in [2.05, 4.69) is 15.2 Å². The van der Waals surface area contributed by atoms with Gasteiger partial charge in [0.1, 0.15) is 11.4 Å². The average molecular weight is 334 g/mol. The Kier molecular flexibility index (Phi) is 3.53. The number of pyridine rings is 1. The summed E-state index contributed by atoms with van der Waals surface area (Å²) in [5, 5.41) is 18.5. The maximum absolute atomic E-state index is 11.8. The summed E-state index contributed by atoms with van der Waals surface area (Å²) in [7, 11) is 0. The van der Waals surface area contributed by atoms with E-state index in [4.69, 9.17) is 4.52 Å². The first kappa shape index (κ1) is 15.1. The standard InChI is InChI=1S/C18H14N4O3/c1-2-22-9-8-13(20-22)14-10-12(18(23)24)15-16(21-25-17(15)19-14)11-6-4-3-5-7-11/h3-10H,2H2,1H3,(H,23,24). The van der Waals surface area contributed by atoms with Crippen LogP contribution in [0.5, 0.6) is 0 Å². The molecule has 3 aromatic heterocycles. The van der Waals surface area contributed by atoms with Gasteiger partial charge in [0, 0.05) is 18.3 Å². The van der Waals surface area contributed by atoms with Gasteiger partial charge in [0.25, 0.3) is 5.71 Å². The Morgan fingerprint density at radius 3 is 2.68 bits per heavy atom. The third-order valence-electron chi connectivity index (χ3n) is 3.95. The maximum atomic E-state index is 11.8. The Balaban J connectivity index is 1.95. The lowest BCUT2D eigenvalue weighted by molar-refractivity contribution is 0.0699. The molecule has 0 unspecified atom stereocenters. The summed E-state index contributed by atoms with van der Waals surface area (Å²) in [5.74, 6) is -1.07. The Bertz CT molecular complexity index is 1070. The number of nitrogens with zero attached hydrogens (tertiary/aromatic N) is 4. The molecule has 4 rings (SSSR count). The molecule has 1 aromatic carbocycles. The normalized spacial score (nSPS) is 11.1. The molecule has 0 aliphatic heterocycles. The number of aromatic nitrogens is 4. The number of aryl methyl sites for hydroxylation is 1. The van der Waals surface area contributed by atoms with Gasteiger partial charge in [-0.1, -0.05) is 35.5 Å². The zero-order valence-electron chi connectivity index (χ0n) is 13.4. The van der Waals surface area contributed by atoms with Gasteiger partial charge in [-0.3, -0.25) is 4.68 Å². The molecule has 0 atom stereocenters. The van der Waals surface area contributed by atoms with Crippen LogP contribution in [0.2, 0.25) is 0 Å². The van der Waals surface area contributed by atoms with Crippen molar-refractivity contribution in [2.75, 3.05) is 0 Å². The molecule has 4 aromatic rings. The van der Waals surface area contributed by atoms with Gasteiger partial charge in [-0.2, -0.15) is 5.10 Å². The smallest absolute Gasteiger partial charge is 0.336 e. The molecule has 3 heterocycles. The minimum absolute atomic E-state index is 0.0890. The van der Waals surface area contributed by atoms with E-state index in [1.165, 1.54) is 6.07 Å². The second-order valence-electron chi connectivity index (χ2n) is 5.49. The van der Waals surface area contributed by atoms with Crippen molar-refractivity contribution < 1.29 is 14.4 Å². The second-order valence-corrected chi connectivity index (χ2v) is 5.49. The van der Waals surface area contributed by atoms with Crippen molar-refractivity contribution >= 4 is 17.1 Å². The summed E-state index contributed by atoms with van der Waals surface area (Å²) >= 11 is 0. The Morgan fingerprint density at radius 2 is 2.00 bits per heavy atom. The van der Waals surface area contributed by atoms with Crippen LogP contribution in [0.3, 0.4) is 0 Å². The lowest BCUT2D eigenvalue weighted by atomic mass is 10.0. The molecule has 25 heavy (non-hydrogen) atoms. The number of carbonyl (C=O) groups is 1. The van der Waals surface area contributed by atoms with Crippen LogP contribution in [0.15, 0.2) is 53.2 Å². The van der Waals surface area contributed by atoms with Crippen molar-refractivity contribution in [2.45, 2.75) is 13.5 Å². The van der Waals surface area contributed by atoms with Crippen LogP contribution in [-0.4, -0.2) is 31.0 Å². The summed E-state index contributed by atoms with van der Waals surface area (Å²) < 4.78 is 7.08. The number of fused-ring (bicyclic) bond motifs is 1. The molecule has 0 bridgehead atoms. The Labute approximate surface area is 142 Å². The highest BCUT2D eigenvalue weighted by Gasteiger charge is 2.22. The number of hydrogen-bond acceptors (Lipinski definition) is 5. The van der Waals surface area contributed by atoms with Crippen LogP contribution in [0.4, 0.5) is 0 Å². The largest absolute Gasteiger partial charge is 0.478 e. The first-order valence-corrected chi connectivity index (χ1v) is 7.80.